The van der Waals surface area contributed by atoms with Gasteiger partial charge >= 0.3 is 17.8 Å². The van der Waals surface area contributed by atoms with E-state index in [4.69, 9.17) is 0 Å². The van der Waals surface area contributed by atoms with E-state index in [1.807, 2.05) is 0 Å². The Labute approximate surface area is 178 Å². The van der Waals surface area contributed by atoms with E-state index in [1.165, 1.54) is 32.3 Å². The van der Waals surface area contributed by atoms with Crippen LogP contribution >= 0.6 is 0 Å². The summed E-state index contributed by atoms with van der Waals surface area (Å²) in [6, 6.07) is 2.57. The molecule has 0 bridgehead atoms. The van der Waals surface area contributed by atoms with Gasteiger partial charge in [-0.25, -0.2) is 13.2 Å². The Kier molecular flexibility index (Phi) is 5.78. The van der Waals surface area contributed by atoms with Gasteiger partial charge in [0.15, 0.2) is 9.84 Å². The van der Waals surface area contributed by atoms with Crippen LogP contribution in [0.4, 0.5) is 27.6 Å². The lowest BCUT2D eigenvalue weighted by atomic mass is 10.2. The van der Waals surface area contributed by atoms with Gasteiger partial charge in [0.1, 0.15) is 12.2 Å². The van der Waals surface area contributed by atoms with Gasteiger partial charge in [-0.1, -0.05) is 6.92 Å². The maximum absolute atomic E-state index is 13.6. The predicted molar refractivity (Wildman–Crippen MR) is 106 cm³/mol. The second kappa shape index (κ2) is 7.83. The van der Waals surface area contributed by atoms with Crippen LogP contribution in [0.25, 0.3) is 22.4 Å². The van der Waals surface area contributed by atoms with Gasteiger partial charge in [-0.3, -0.25) is 19.1 Å². The summed E-state index contributed by atoms with van der Waals surface area (Å²) < 4.78 is 91.3. The Morgan fingerprint density at radius 3 is 2.28 bits per heavy atom. The van der Waals surface area contributed by atoms with Crippen molar-refractivity contribution in [3.05, 3.63) is 35.0 Å². The molecule has 0 aliphatic rings. The molecule has 0 spiro atoms. The lowest BCUT2D eigenvalue weighted by Crippen LogP contribution is -2.42. The van der Waals surface area contributed by atoms with E-state index in [0.717, 1.165) is 10.8 Å². The van der Waals surface area contributed by atoms with Crippen LogP contribution in [0.5, 0.6) is 0 Å². The van der Waals surface area contributed by atoms with Crippen LogP contribution in [-0.4, -0.2) is 52.4 Å². The Morgan fingerprint density at radius 2 is 1.72 bits per heavy atom. The minimum Gasteiger partial charge on any atom is -0.387 e. The van der Waals surface area contributed by atoms with Gasteiger partial charge in [-0.15, -0.1) is 0 Å². The van der Waals surface area contributed by atoms with Gasteiger partial charge in [0.05, 0.1) is 45.5 Å². The molecule has 0 aliphatic carbocycles. The molecule has 0 unspecified atom stereocenters. The quantitative estimate of drug-likeness (QED) is 0.546. The lowest BCUT2D eigenvalue weighted by Gasteiger charge is -2.19. The van der Waals surface area contributed by atoms with E-state index in [2.05, 4.69) is 15.3 Å². The second-order valence-corrected chi connectivity index (χ2v) is 9.16. The molecule has 32 heavy (non-hydrogen) atoms. The number of pyridine rings is 2. The molecule has 0 saturated carbocycles. The molecule has 0 aromatic carbocycles. The number of nitrogens with zero attached hydrogens (tertiary/aromatic N) is 4. The van der Waals surface area contributed by atoms with E-state index >= 15 is 0 Å². The Hall–Kier alpha value is -3.03. The summed E-state index contributed by atoms with van der Waals surface area (Å²) in [5, 5.41) is 2.77. The molecule has 3 aromatic rings. The lowest BCUT2D eigenvalue weighted by molar-refractivity contribution is -0.286. The van der Waals surface area contributed by atoms with E-state index in [1.54, 1.807) is 7.05 Å². The highest BCUT2D eigenvalue weighted by molar-refractivity contribution is 7.91. The molecular formula is C18H18F5N5O3S. The Morgan fingerprint density at radius 1 is 1.06 bits per heavy atom. The van der Waals surface area contributed by atoms with Crippen LogP contribution in [0.15, 0.2) is 34.2 Å². The largest absolute Gasteiger partial charge is 0.455 e. The minimum atomic E-state index is -5.84. The number of anilines is 1. The number of hydrogen-bond donors (Lipinski definition) is 1. The van der Waals surface area contributed by atoms with Crippen molar-refractivity contribution in [1.82, 2.24) is 19.1 Å². The first-order chi connectivity index (χ1) is 14.7. The zero-order valence-corrected chi connectivity index (χ0v) is 17.9. The fourth-order valence-corrected chi connectivity index (χ4v) is 4.11. The highest BCUT2D eigenvalue weighted by Gasteiger charge is 2.58. The first-order valence-corrected chi connectivity index (χ1v) is 10.8. The maximum Gasteiger partial charge on any atom is 0.455 e. The zero-order chi connectivity index (χ0) is 24.1. The molecule has 0 saturated heterocycles. The molecule has 174 valence electrons. The van der Waals surface area contributed by atoms with Crippen LogP contribution in [-0.2, 0) is 23.4 Å². The van der Waals surface area contributed by atoms with Gasteiger partial charge in [-0.05, 0) is 12.1 Å². The third kappa shape index (κ3) is 3.94. The van der Waals surface area contributed by atoms with Gasteiger partial charge < -0.3 is 5.32 Å². The number of halogens is 5. The zero-order valence-electron chi connectivity index (χ0n) is 17.0. The fraction of sp³-hybridized carbons (Fsp3) is 0.389. The Bertz CT molecular complexity index is 1350. The number of rotatable bonds is 6. The van der Waals surface area contributed by atoms with Crippen molar-refractivity contribution in [3.63, 3.8) is 0 Å². The molecule has 8 nitrogen and oxygen atoms in total. The molecule has 1 N–H and O–H groups in total. The van der Waals surface area contributed by atoms with Gasteiger partial charge in [0.25, 0.3) is 0 Å². The highest BCUT2D eigenvalue weighted by atomic mass is 32.2. The number of nitrogens with one attached hydrogen (secondary N) is 1. The summed E-state index contributed by atoms with van der Waals surface area (Å²) in [5.74, 6) is -5.38. The Balaban J connectivity index is 2.22. The van der Waals surface area contributed by atoms with Crippen LogP contribution in [0.2, 0.25) is 0 Å². The molecule has 0 radical (unpaired) electrons. The molecule has 14 heteroatoms. The maximum atomic E-state index is 13.6. The van der Waals surface area contributed by atoms with Gasteiger partial charge in [0.2, 0.25) is 0 Å². The standard InChI is InChI=1S/C18H18F5N5O3S/c1-4-32(30,31)14-5-10(24-2)7-26-15(14)11-6-12-13(8-25-11)28(16(29)27(12)3)9-17(19,20)18(21,22)23/h5-8,24H,4,9H2,1-3H3. The summed E-state index contributed by atoms with van der Waals surface area (Å²) in [6.07, 6.45) is -3.55. The van der Waals surface area contributed by atoms with Crippen LogP contribution in [0.3, 0.4) is 0 Å². The monoisotopic (exact) mass is 479 g/mol. The van der Waals surface area contributed by atoms with Crippen molar-refractivity contribution in [1.29, 1.82) is 0 Å². The van der Waals surface area contributed by atoms with E-state index in [9.17, 15) is 35.2 Å². The smallest absolute Gasteiger partial charge is 0.387 e. The van der Waals surface area contributed by atoms with Crippen LogP contribution in [0, 0.1) is 0 Å². The number of sulfone groups is 1. The number of aromatic nitrogens is 4. The van der Waals surface area contributed by atoms with E-state index in [-0.39, 0.29) is 37.6 Å². The number of alkyl halides is 5. The van der Waals surface area contributed by atoms with E-state index in [0.29, 0.717) is 5.69 Å². The van der Waals surface area contributed by atoms with Crippen LogP contribution < -0.4 is 11.0 Å². The van der Waals surface area contributed by atoms with Gasteiger partial charge in [-0.2, -0.15) is 22.0 Å². The van der Waals surface area contributed by atoms with Crippen molar-refractivity contribution >= 4 is 26.6 Å². The van der Waals surface area contributed by atoms with Crippen molar-refractivity contribution in [2.75, 3.05) is 18.1 Å². The molecule has 0 aliphatic heterocycles. The number of imidazole rings is 1. The van der Waals surface area contributed by atoms with Crippen molar-refractivity contribution in [2.24, 2.45) is 7.05 Å². The van der Waals surface area contributed by atoms with Gasteiger partial charge in [0, 0.05) is 14.1 Å². The third-order valence-corrected chi connectivity index (χ3v) is 6.64. The molecule has 3 heterocycles. The summed E-state index contributed by atoms with van der Waals surface area (Å²) in [6.45, 7) is -0.481. The second-order valence-electron chi connectivity index (χ2n) is 6.91. The molecule has 3 aromatic heterocycles. The molecular weight excluding hydrogens is 461 g/mol. The topological polar surface area (TPSA) is 98.9 Å². The summed E-state index contributed by atoms with van der Waals surface area (Å²) in [4.78, 5) is 20.4. The van der Waals surface area contributed by atoms with Crippen molar-refractivity contribution < 1.29 is 30.4 Å². The summed E-state index contributed by atoms with van der Waals surface area (Å²) >= 11 is 0. The fourth-order valence-electron chi connectivity index (χ4n) is 3.04. The first-order valence-electron chi connectivity index (χ1n) is 9.14. The predicted octanol–water partition coefficient (Wildman–Crippen LogP) is 2.83. The third-order valence-electron chi connectivity index (χ3n) is 4.90. The number of hydrogen-bond acceptors (Lipinski definition) is 6. The minimum absolute atomic E-state index is 0.00232. The normalized spacial score (nSPS) is 13.0. The first kappa shape index (κ1) is 23.6. The van der Waals surface area contributed by atoms with Crippen molar-refractivity contribution in [2.45, 2.75) is 30.5 Å². The molecule has 3 rings (SSSR count). The summed E-state index contributed by atoms with van der Waals surface area (Å²) in [7, 11) is -0.996. The number of fused-ring (bicyclic) bond motifs is 1. The summed E-state index contributed by atoms with van der Waals surface area (Å²) in [5.41, 5.74) is -1.03. The highest BCUT2D eigenvalue weighted by Crippen LogP contribution is 2.37. The SMILES string of the molecule is CCS(=O)(=O)c1cc(NC)cnc1-c1cc2c(cn1)n(CC(F)(F)C(F)(F)F)c(=O)n2C. The van der Waals surface area contributed by atoms with E-state index < -0.39 is 34.2 Å². The molecule has 0 amide bonds. The average molecular weight is 479 g/mol. The average Bonchev–Trinajstić information content (AvgIpc) is 2.96. The van der Waals surface area contributed by atoms with Crippen molar-refractivity contribution in [3.8, 4) is 11.4 Å². The molecule has 0 fully saturated rings. The van der Waals surface area contributed by atoms with Crippen LogP contribution in [0.1, 0.15) is 6.92 Å². The number of aryl methyl sites for hydroxylation is 1. The molecule has 0 atom stereocenters.